The van der Waals surface area contributed by atoms with E-state index in [1.807, 2.05) is 157 Å². The summed E-state index contributed by atoms with van der Waals surface area (Å²) < 4.78 is 48.0. The van der Waals surface area contributed by atoms with E-state index in [-0.39, 0.29) is 5.56 Å². The van der Waals surface area contributed by atoms with Crippen LogP contribution < -0.4 is 4.90 Å². The maximum Gasteiger partial charge on any atom is 0.417 e. The summed E-state index contributed by atoms with van der Waals surface area (Å²) in [5.74, 6) is 0. The monoisotopic (exact) mass is 779 g/mol. The molecule has 0 aromatic heterocycles. The lowest BCUT2D eigenvalue weighted by Gasteiger charge is -2.33. The van der Waals surface area contributed by atoms with Gasteiger partial charge in [0.1, 0.15) is 0 Å². The SMILES string of the molecule is FC(F)(F)c1cc(N(c2ccc(-c3ccccc3)cc2)c2ccccc2-c2ccccc2)ccc1-c1cccc2c1C1(c3ccccc3-c3ccccc31)c1ccccc1-2. The molecule has 0 saturated carbocycles. The van der Waals surface area contributed by atoms with Crippen LogP contribution in [0.2, 0.25) is 0 Å². The second kappa shape index (κ2) is 13.9. The highest BCUT2D eigenvalue weighted by Gasteiger charge is 2.53. The number of hydrogen-bond acceptors (Lipinski definition) is 1. The van der Waals surface area contributed by atoms with Gasteiger partial charge in [-0.25, -0.2) is 0 Å². The Morgan fingerprint density at radius 2 is 0.767 bits per heavy atom. The molecule has 60 heavy (non-hydrogen) atoms. The summed E-state index contributed by atoms with van der Waals surface area (Å²) in [6.45, 7) is 0. The average molecular weight is 780 g/mol. The van der Waals surface area contributed by atoms with E-state index in [9.17, 15) is 0 Å². The maximum atomic E-state index is 16.0. The van der Waals surface area contributed by atoms with Crippen molar-refractivity contribution in [2.75, 3.05) is 4.90 Å². The summed E-state index contributed by atoms with van der Waals surface area (Å²) in [5.41, 5.74) is 13.4. The van der Waals surface area contributed by atoms with Crippen LogP contribution in [0.5, 0.6) is 0 Å². The molecule has 286 valence electrons. The van der Waals surface area contributed by atoms with Gasteiger partial charge in [-0.2, -0.15) is 13.2 Å². The minimum atomic E-state index is -4.68. The first-order valence-corrected chi connectivity index (χ1v) is 20.2. The summed E-state index contributed by atoms with van der Waals surface area (Å²) in [7, 11) is 0. The molecule has 0 saturated heterocycles. The fourth-order valence-corrected chi connectivity index (χ4v) is 9.91. The molecule has 0 aliphatic heterocycles. The van der Waals surface area contributed by atoms with Crippen molar-refractivity contribution in [2.45, 2.75) is 11.6 Å². The molecule has 0 unspecified atom stereocenters. The molecule has 4 heteroatoms. The molecule has 1 nitrogen and oxygen atoms in total. The summed E-state index contributed by atoms with van der Waals surface area (Å²) in [6.07, 6.45) is -4.68. The molecule has 9 aromatic carbocycles. The lowest BCUT2D eigenvalue weighted by Crippen LogP contribution is -2.27. The first-order valence-electron chi connectivity index (χ1n) is 20.2. The third kappa shape index (κ3) is 5.41. The molecule has 0 N–H and O–H groups in total. The zero-order valence-corrected chi connectivity index (χ0v) is 32.4. The third-order valence-corrected chi connectivity index (χ3v) is 12.3. The van der Waals surface area contributed by atoms with E-state index in [0.717, 1.165) is 78.1 Å². The van der Waals surface area contributed by atoms with Crippen LogP contribution in [-0.2, 0) is 11.6 Å². The van der Waals surface area contributed by atoms with Crippen molar-refractivity contribution in [1.82, 2.24) is 0 Å². The Morgan fingerprint density at radius 3 is 1.35 bits per heavy atom. The van der Waals surface area contributed by atoms with E-state index in [1.165, 1.54) is 6.07 Å². The minimum absolute atomic E-state index is 0.146. The van der Waals surface area contributed by atoms with Gasteiger partial charge < -0.3 is 4.90 Å². The van der Waals surface area contributed by atoms with Crippen molar-refractivity contribution >= 4 is 17.1 Å². The zero-order chi connectivity index (χ0) is 40.4. The van der Waals surface area contributed by atoms with Crippen LogP contribution >= 0.6 is 0 Å². The molecule has 2 aliphatic carbocycles. The number of rotatable bonds is 6. The van der Waals surface area contributed by atoms with Crippen LogP contribution in [0, 0.1) is 0 Å². The molecule has 1 spiro atoms. The molecule has 9 aromatic rings. The summed E-state index contributed by atoms with van der Waals surface area (Å²) >= 11 is 0. The molecule has 0 fully saturated rings. The van der Waals surface area contributed by atoms with Gasteiger partial charge in [0, 0.05) is 16.9 Å². The largest absolute Gasteiger partial charge is 0.417 e. The number of alkyl halides is 3. The Bertz CT molecular complexity index is 3010. The van der Waals surface area contributed by atoms with Crippen molar-refractivity contribution in [1.29, 1.82) is 0 Å². The Balaban J connectivity index is 1.15. The predicted octanol–water partition coefficient (Wildman–Crippen LogP) is 15.5. The maximum absolute atomic E-state index is 16.0. The van der Waals surface area contributed by atoms with Gasteiger partial charge in [0.05, 0.1) is 16.7 Å². The first-order chi connectivity index (χ1) is 29.4. The van der Waals surface area contributed by atoms with Crippen LogP contribution in [-0.4, -0.2) is 0 Å². The van der Waals surface area contributed by atoms with Gasteiger partial charge in [-0.3, -0.25) is 0 Å². The van der Waals surface area contributed by atoms with Crippen molar-refractivity contribution in [2.24, 2.45) is 0 Å². The third-order valence-electron chi connectivity index (χ3n) is 12.3. The molecule has 0 heterocycles. The number of hydrogen-bond donors (Lipinski definition) is 0. The van der Waals surface area contributed by atoms with Crippen LogP contribution in [0.25, 0.3) is 55.6 Å². The van der Waals surface area contributed by atoms with Crippen LogP contribution in [0.4, 0.5) is 30.2 Å². The van der Waals surface area contributed by atoms with Gasteiger partial charge in [-0.1, -0.05) is 188 Å². The molecular weight excluding hydrogens is 744 g/mol. The molecule has 2 aliphatic rings. The highest BCUT2D eigenvalue weighted by Crippen LogP contribution is 2.65. The number of benzene rings is 9. The predicted molar refractivity (Wildman–Crippen MR) is 239 cm³/mol. The van der Waals surface area contributed by atoms with Crippen LogP contribution in [0.15, 0.2) is 218 Å². The number of nitrogens with zero attached hydrogens (tertiary/aromatic N) is 1. The van der Waals surface area contributed by atoms with Gasteiger partial charge in [0.25, 0.3) is 0 Å². The van der Waals surface area contributed by atoms with E-state index in [4.69, 9.17) is 0 Å². The lowest BCUT2D eigenvalue weighted by molar-refractivity contribution is -0.137. The van der Waals surface area contributed by atoms with Gasteiger partial charge in [0.15, 0.2) is 0 Å². The molecular formula is C56H36F3N. The normalized spacial score (nSPS) is 13.1. The topological polar surface area (TPSA) is 3.24 Å². The lowest BCUT2D eigenvalue weighted by atomic mass is 9.68. The Kier molecular flexibility index (Phi) is 8.25. The van der Waals surface area contributed by atoms with Crippen LogP contribution in [0.3, 0.4) is 0 Å². The van der Waals surface area contributed by atoms with E-state index in [1.54, 1.807) is 6.07 Å². The average Bonchev–Trinajstić information content (AvgIpc) is 3.77. The van der Waals surface area contributed by atoms with E-state index >= 15 is 13.2 Å². The fourth-order valence-electron chi connectivity index (χ4n) is 9.91. The Labute approximate surface area is 347 Å². The number of fused-ring (bicyclic) bond motifs is 10. The Hall–Kier alpha value is -7.43. The highest BCUT2D eigenvalue weighted by atomic mass is 19.4. The van der Waals surface area contributed by atoms with Gasteiger partial charge in [-0.15, -0.1) is 0 Å². The zero-order valence-electron chi connectivity index (χ0n) is 32.4. The number of halogens is 3. The number of para-hydroxylation sites is 1. The smallest absolute Gasteiger partial charge is 0.310 e. The van der Waals surface area contributed by atoms with E-state index in [0.29, 0.717) is 11.3 Å². The quantitative estimate of drug-likeness (QED) is 0.162. The highest BCUT2D eigenvalue weighted by molar-refractivity contribution is 5.99. The summed E-state index contributed by atoms with van der Waals surface area (Å²) in [4.78, 5) is 1.95. The summed E-state index contributed by atoms with van der Waals surface area (Å²) in [5, 5.41) is 0. The minimum Gasteiger partial charge on any atom is -0.310 e. The van der Waals surface area contributed by atoms with Gasteiger partial charge in [-0.05, 0) is 103 Å². The van der Waals surface area contributed by atoms with Crippen molar-refractivity contribution in [3.63, 3.8) is 0 Å². The van der Waals surface area contributed by atoms with E-state index in [2.05, 4.69) is 54.6 Å². The van der Waals surface area contributed by atoms with E-state index < -0.39 is 17.2 Å². The standard InChI is InChI=1S/C56H36F3N/c57-56(58,59)52-36-41(60(40-32-30-38(31-33-40)37-16-3-1-4-17-37)53-29-14-10-20-42(53)39-18-5-2-6-19-39)34-35-46(52)48-25-15-24-47-45-23-9-13-28-51(45)55(54(47)48)49-26-11-7-21-43(49)44-22-8-12-27-50(44)55/h1-36H. The Morgan fingerprint density at radius 1 is 0.333 bits per heavy atom. The second-order valence-corrected chi connectivity index (χ2v) is 15.5. The van der Waals surface area contributed by atoms with Gasteiger partial charge in [0.2, 0.25) is 0 Å². The first kappa shape index (κ1) is 35.7. The molecule has 0 amide bonds. The molecule has 11 rings (SSSR count). The van der Waals surface area contributed by atoms with Gasteiger partial charge >= 0.3 is 6.18 Å². The molecule has 0 atom stereocenters. The van der Waals surface area contributed by atoms with Crippen molar-refractivity contribution in [3.05, 3.63) is 246 Å². The fraction of sp³-hybridized carbons (Fsp3) is 0.0357. The second-order valence-electron chi connectivity index (χ2n) is 15.5. The molecule has 0 radical (unpaired) electrons. The van der Waals surface area contributed by atoms with Crippen molar-refractivity contribution in [3.8, 4) is 55.6 Å². The number of anilines is 3. The summed E-state index contributed by atoms with van der Waals surface area (Å²) in [6, 6.07) is 71.8. The van der Waals surface area contributed by atoms with Crippen LogP contribution in [0.1, 0.15) is 27.8 Å². The molecule has 0 bridgehead atoms. The van der Waals surface area contributed by atoms with Crippen molar-refractivity contribution < 1.29 is 13.2 Å².